The van der Waals surface area contributed by atoms with Gasteiger partial charge in [0.2, 0.25) is 5.13 Å². The van der Waals surface area contributed by atoms with Crippen molar-refractivity contribution < 1.29 is 0 Å². The molecule has 0 aliphatic heterocycles. The van der Waals surface area contributed by atoms with Crippen LogP contribution in [0, 0.1) is 0 Å². The normalized spacial score (nSPS) is 11.5. The molecule has 0 unspecified atom stereocenters. The van der Waals surface area contributed by atoms with E-state index in [9.17, 15) is 0 Å². The number of halogens is 4. The highest BCUT2D eigenvalue weighted by molar-refractivity contribution is 7.14. The maximum Gasteiger partial charge on any atom is 0.203 e. The van der Waals surface area contributed by atoms with Crippen LogP contribution in [0.4, 0.5) is 5.13 Å². The van der Waals surface area contributed by atoms with E-state index < -0.39 is 0 Å². The summed E-state index contributed by atoms with van der Waals surface area (Å²) in [5.74, 6) is 0. The van der Waals surface area contributed by atoms with E-state index >= 15 is 0 Å². The molecule has 0 saturated heterocycles. The lowest BCUT2D eigenvalue weighted by Crippen LogP contribution is -1.98. The molecule has 0 atom stereocenters. The maximum absolute atomic E-state index is 6.40. The summed E-state index contributed by atoms with van der Waals surface area (Å²) in [5, 5.41) is 10.5. The molecule has 1 N–H and O–H groups in total. The van der Waals surface area contributed by atoms with Gasteiger partial charge in [-0.15, -0.1) is 11.3 Å². The Balaban J connectivity index is 1.37. The molecule has 3 aromatic carbocycles. The molecule has 9 heteroatoms. The van der Waals surface area contributed by atoms with Crippen molar-refractivity contribution in [2.75, 3.05) is 5.43 Å². The quantitative estimate of drug-likeness (QED) is 0.171. The Morgan fingerprint density at radius 1 is 0.941 bits per heavy atom. The van der Waals surface area contributed by atoms with E-state index in [1.807, 2.05) is 35.7 Å². The van der Waals surface area contributed by atoms with Crippen LogP contribution in [0.25, 0.3) is 22.2 Å². The van der Waals surface area contributed by atoms with Crippen molar-refractivity contribution in [3.63, 3.8) is 0 Å². The van der Waals surface area contributed by atoms with Crippen molar-refractivity contribution >= 4 is 80.0 Å². The van der Waals surface area contributed by atoms with Crippen LogP contribution in [0.1, 0.15) is 11.1 Å². The number of benzene rings is 3. The van der Waals surface area contributed by atoms with Crippen LogP contribution in [0.5, 0.6) is 0 Å². The van der Waals surface area contributed by atoms with E-state index in [4.69, 9.17) is 46.4 Å². The van der Waals surface area contributed by atoms with Gasteiger partial charge in [-0.2, -0.15) is 5.10 Å². The number of para-hydroxylation sites is 1. The minimum absolute atomic E-state index is 0.557. The van der Waals surface area contributed by atoms with Gasteiger partial charge >= 0.3 is 0 Å². The zero-order valence-electron chi connectivity index (χ0n) is 17.5. The standard InChI is InChI=1S/C25H16Cl4N4S/c26-17-6-5-15(21(28)9-17)12-33-13-16(19-3-1-2-4-24(19)33)11-30-32-25-31-23(14-34-25)20-8-7-18(27)10-22(20)29/h1-11,13-14H,12H2,(H,31,32)/b30-11-. The van der Waals surface area contributed by atoms with Gasteiger partial charge < -0.3 is 4.57 Å². The Bertz CT molecular complexity index is 1520. The Labute approximate surface area is 220 Å². The minimum atomic E-state index is 0.557. The van der Waals surface area contributed by atoms with E-state index in [2.05, 4.69) is 38.4 Å². The summed E-state index contributed by atoms with van der Waals surface area (Å²) in [6.45, 7) is 0.621. The van der Waals surface area contributed by atoms with Crippen LogP contribution in [0.2, 0.25) is 20.1 Å². The molecular weight excluding hydrogens is 530 g/mol. The van der Waals surface area contributed by atoms with Gasteiger partial charge in [0.05, 0.1) is 16.9 Å². The van der Waals surface area contributed by atoms with Gasteiger partial charge in [0.25, 0.3) is 0 Å². The summed E-state index contributed by atoms with van der Waals surface area (Å²) in [4.78, 5) is 4.58. The van der Waals surface area contributed by atoms with E-state index in [-0.39, 0.29) is 0 Å². The van der Waals surface area contributed by atoms with Crippen molar-refractivity contribution in [3.8, 4) is 11.3 Å². The van der Waals surface area contributed by atoms with Gasteiger partial charge in [0, 0.05) is 55.2 Å². The Morgan fingerprint density at radius 3 is 2.50 bits per heavy atom. The van der Waals surface area contributed by atoms with Crippen LogP contribution in [0.15, 0.2) is 77.3 Å². The lowest BCUT2D eigenvalue weighted by molar-refractivity contribution is 0.836. The summed E-state index contributed by atoms with van der Waals surface area (Å²) in [6.07, 6.45) is 3.85. The number of hydrazone groups is 1. The molecule has 34 heavy (non-hydrogen) atoms. The Morgan fingerprint density at radius 2 is 1.71 bits per heavy atom. The lowest BCUT2D eigenvalue weighted by Gasteiger charge is -2.08. The highest BCUT2D eigenvalue weighted by Crippen LogP contribution is 2.32. The predicted molar refractivity (Wildman–Crippen MR) is 146 cm³/mol. The minimum Gasteiger partial charge on any atom is -0.342 e. The number of nitrogens with zero attached hydrogens (tertiary/aromatic N) is 3. The van der Waals surface area contributed by atoms with Crippen LogP contribution in [-0.2, 0) is 6.54 Å². The highest BCUT2D eigenvalue weighted by Gasteiger charge is 2.11. The average molecular weight is 546 g/mol. The first-order valence-electron chi connectivity index (χ1n) is 10.2. The van der Waals surface area contributed by atoms with Crippen LogP contribution in [-0.4, -0.2) is 15.8 Å². The molecule has 2 aromatic heterocycles. The number of fused-ring (bicyclic) bond motifs is 1. The predicted octanol–water partition coefficient (Wildman–Crippen LogP) is 8.87. The Kier molecular flexibility index (Phi) is 6.82. The van der Waals surface area contributed by atoms with Gasteiger partial charge in [0.15, 0.2) is 0 Å². The van der Waals surface area contributed by atoms with Crippen molar-refractivity contribution in [1.82, 2.24) is 9.55 Å². The summed E-state index contributed by atoms with van der Waals surface area (Å²) in [6, 6.07) is 19.1. The summed E-state index contributed by atoms with van der Waals surface area (Å²) >= 11 is 26.2. The average Bonchev–Trinajstić information content (AvgIpc) is 3.41. The molecule has 0 radical (unpaired) electrons. The molecule has 5 aromatic rings. The number of hydrogen-bond donors (Lipinski definition) is 1. The SMILES string of the molecule is Clc1ccc(Cn2cc(/C=N\Nc3nc(-c4ccc(Cl)cc4Cl)cs3)c3ccccc32)c(Cl)c1. The third-order valence-corrected chi connectivity index (χ3v) is 7.13. The zero-order valence-corrected chi connectivity index (χ0v) is 21.3. The number of hydrogen-bond acceptors (Lipinski definition) is 4. The van der Waals surface area contributed by atoms with E-state index in [1.165, 1.54) is 11.3 Å². The van der Waals surface area contributed by atoms with Crippen molar-refractivity contribution in [3.05, 3.63) is 103 Å². The molecule has 0 aliphatic rings. The fourth-order valence-corrected chi connectivity index (χ4v) is 5.28. The van der Waals surface area contributed by atoms with Crippen molar-refractivity contribution in [2.45, 2.75) is 6.54 Å². The highest BCUT2D eigenvalue weighted by atomic mass is 35.5. The first-order valence-corrected chi connectivity index (χ1v) is 12.6. The molecule has 0 saturated carbocycles. The number of rotatable bonds is 6. The van der Waals surface area contributed by atoms with Crippen molar-refractivity contribution in [1.29, 1.82) is 0 Å². The van der Waals surface area contributed by atoms with E-state index in [0.29, 0.717) is 31.8 Å². The van der Waals surface area contributed by atoms with Crippen LogP contribution >= 0.6 is 57.7 Å². The second-order valence-corrected chi connectivity index (χ2v) is 10.0. The fourth-order valence-electron chi connectivity index (χ4n) is 3.65. The first-order chi connectivity index (χ1) is 16.5. The van der Waals surface area contributed by atoms with Crippen LogP contribution in [0.3, 0.4) is 0 Å². The maximum atomic E-state index is 6.40. The van der Waals surface area contributed by atoms with Gasteiger partial charge in [-0.3, -0.25) is 5.43 Å². The molecule has 170 valence electrons. The van der Waals surface area contributed by atoms with Gasteiger partial charge in [-0.05, 0) is 42.0 Å². The fraction of sp³-hybridized carbons (Fsp3) is 0.0400. The van der Waals surface area contributed by atoms with Gasteiger partial charge in [0.1, 0.15) is 0 Å². The molecule has 0 bridgehead atoms. The number of thiazole rings is 1. The third-order valence-electron chi connectivity index (χ3n) is 5.25. The monoisotopic (exact) mass is 544 g/mol. The smallest absolute Gasteiger partial charge is 0.203 e. The summed E-state index contributed by atoms with van der Waals surface area (Å²) < 4.78 is 2.15. The molecule has 0 fully saturated rings. The van der Waals surface area contributed by atoms with Crippen LogP contribution < -0.4 is 5.43 Å². The summed E-state index contributed by atoms with van der Waals surface area (Å²) in [7, 11) is 0. The number of aromatic nitrogens is 2. The topological polar surface area (TPSA) is 42.2 Å². The molecule has 0 aliphatic carbocycles. The molecule has 0 amide bonds. The second-order valence-electron chi connectivity index (χ2n) is 7.50. The van der Waals surface area contributed by atoms with E-state index in [0.717, 1.165) is 33.3 Å². The zero-order chi connectivity index (χ0) is 23.7. The van der Waals surface area contributed by atoms with Gasteiger partial charge in [-0.25, -0.2) is 4.98 Å². The largest absolute Gasteiger partial charge is 0.342 e. The molecule has 5 rings (SSSR count). The number of nitrogens with one attached hydrogen (secondary N) is 1. The Hall–Kier alpha value is -2.54. The molecular formula is C25H16Cl4N4S. The molecule has 4 nitrogen and oxygen atoms in total. The molecule has 0 spiro atoms. The van der Waals surface area contributed by atoms with Gasteiger partial charge in [-0.1, -0.05) is 70.7 Å². The third kappa shape index (κ3) is 4.95. The summed E-state index contributed by atoms with van der Waals surface area (Å²) in [5.41, 5.74) is 7.66. The number of anilines is 1. The van der Waals surface area contributed by atoms with E-state index in [1.54, 1.807) is 24.4 Å². The lowest BCUT2D eigenvalue weighted by atomic mass is 10.2. The second kappa shape index (κ2) is 9.98. The van der Waals surface area contributed by atoms with Crippen molar-refractivity contribution in [2.24, 2.45) is 5.10 Å². The molecule has 2 heterocycles. The first kappa shape index (κ1) is 23.2.